The highest BCUT2D eigenvalue weighted by Crippen LogP contribution is 2.50. The fraction of sp³-hybridized carbons (Fsp3) is 0.571. The van der Waals surface area contributed by atoms with E-state index < -0.39 is 13.7 Å². The fourth-order valence-electron chi connectivity index (χ4n) is 0.626. The van der Waals surface area contributed by atoms with Crippen molar-refractivity contribution in [2.75, 3.05) is 21.3 Å². The number of hydrogen-bond donors (Lipinski definition) is 1. The molecule has 1 N–H and O–H groups in total. The van der Waals surface area contributed by atoms with Gasteiger partial charge in [0, 0.05) is 21.3 Å². The monoisotopic (exact) mass is 257 g/mol. The van der Waals surface area contributed by atoms with E-state index in [2.05, 4.69) is 14.4 Å². The van der Waals surface area contributed by atoms with Crippen molar-refractivity contribution in [3.05, 3.63) is 10.8 Å². The van der Waals surface area contributed by atoms with E-state index in [9.17, 15) is 9.36 Å². The molecule has 0 aromatic heterocycles. The summed E-state index contributed by atoms with van der Waals surface area (Å²) in [5.41, 5.74) is 0. The Morgan fingerprint density at radius 2 is 1.80 bits per heavy atom. The van der Waals surface area contributed by atoms with E-state index in [1.54, 1.807) is 0 Å². The molecule has 0 unspecified atom stereocenters. The van der Waals surface area contributed by atoms with Gasteiger partial charge in [0.1, 0.15) is 10.8 Å². The lowest BCUT2D eigenvalue weighted by atomic mass is 10.4. The Labute approximate surface area is 93.1 Å². The summed E-state index contributed by atoms with van der Waals surface area (Å²) in [6, 6.07) is 0. The van der Waals surface area contributed by atoms with Crippen molar-refractivity contribution in [3.63, 3.8) is 0 Å². The lowest BCUT2D eigenvalue weighted by Crippen LogP contribution is -2.18. The van der Waals surface area contributed by atoms with Gasteiger partial charge in [0.2, 0.25) is 0 Å². The Hall–Kier alpha value is -0.550. The third-order valence-electron chi connectivity index (χ3n) is 1.43. The second kappa shape index (κ2) is 6.12. The van der Waals surface area contributed by atoms with Crippen LogP contribution in [-0.4, -0.2) is 27.2 Å². The molecule has 0 aliphatic rings. The van der Waals surface area contributed by atoms with Crippen molar-refractivity contribution < 1.29 is 22.9 Å². The van der Waals surface area contributed by atoms with Gasteiger partial charge in [-0.2, -0.15) is 0 Å². The number of nitrogens with one attached hydrogen (secondary N) is 1. The molecule has 8 heteroatoms. The minimum absolute atomic E-state index is 0.0388. The summed E-state index contributed by atoms with van der Waals surface area (Å²) in [7, 11) is 0.0595. The first-order chi connectivity index (χ1) is 6.90. The number of phosphoric acid groups is 1. The number of amides is 1. The van der Waals surface area contributed by atoms with Crippen LogP contribution in [-0.2, 0) is 22.9 Å². The molecule has 0 spiro atoms. The summed E-state index contributed by atoms with van der Waals surface area (Å²) in [4.78, 5) is 11.1. The van der Waals surface area contributed by atoms with Gasteiger partial charge in [0.25, 0.3) is 5.91 Å². The number of halogens is 1. The number of rotatable bonds is 5. The van der Waals surface area contributed by atoms with E-state index in [1.165, 1.54) is 14.0 Å². The molecule has 0 rings (SSSR count). The van der Waals surface area contributed by atoms with Gasteiger partial charge in [-0.05, 0) is 6.92 Å². The van der Waals surface area contributed by atoms with E-state index in [1.807, 2.05) is 0 Å². The maximum absolute atomic E-state index is 11.5. The van der Waals surface area contributed by atoms with Crippen LogP contribution in [0.25, 0.3) is 0 Å². The summed E-state index contributed by atoms with van der Waals surface area (Å²) in [6.45, 7) is 1.38. The largest absolute Gasteiger partial charge is 0.529 e. The zero-order valence-corrected chi connectivity index (χ0v) is 10.5. The molecule has 6 nitrogen and oxygen atoms in total. The van der Waals surface area contributed by atoms with E-state index in [4.69, 9.17) is 16.1 Å². The molecule has 0 aromatic rings. The van der Waals surface area contributed by atoms with Gasteiger partial charge in [0.05, 0.1) is 0 Å². The molecule has 0 radical (unpaired) electrons. The second-order valence-corrected chi connectivity index (χ2v) is 4.54. The van der Waals surface area contributed by atoms with Crippen LogP contribution in [0.15, 0.2) is 10.8 Å². The Morgan fingerprint density at radius 3 is 2.13 bits per heavy atom. The van der Waals surface area contributed by atoms with Crippen LogP contribution >= 0.6 is 19.4 Å². The quantitative estimate of drug-likeness (QED) is 0.460. The normalized spacial score (nSPS) is 13.1. The van der Waals surface area contributed by atoms with Crippen molar-refractivity contribution in [1.82, 2.24) is 5.32 Å². The first-order valence-corrected chi connectivity index (χ1v) is 5.73. The molecule has 0 aromatic carbocycles. The molecular weight excluding hydrogens is 245 g/mol. The topological polar surface area (TPSA) is 73.9 Å². The zero-order valence-electron chi connectivity index (χ0n) is 8.87. The maximum atomic E-state index is 11.5. The Kier molecular flexibility index (Phi) is 5.90. The SMILES string of the molecule is CNC(=O)/C(Cl)=C(/C)OP(=O)(OC)OC. The molecule has 0 saturated heterocycles. The average molecular weight is 258 g/mol. The zero-order chi connectivity index (χ0) is 12.1. The van der Waals surface area contributed by atoms with Crippen LogP contribution in [0.3, 0.4) is 0 Å². The number of hydrogen-bond acceptors (Lipinski definition) is 5. The highest BCUT2D eigenvalue weighted by Gasteiger charge is 2.26. The van der Waals surface area contributed by atoms with Crippen LogP contribution < -0.4 is 5.32 Å². The minimum Gasteiger partial charge on any atom is -0.407 e. The number of phosphoric ester groups is 1. The first kappa shape index (κ1) is 14.5. The van der Waals surface area contributed by atoms with Gasteiger partial charge in [-0.15, -0.1) is 0 Å². The molecule has 0 aliphatic carbocycles. The van der Waals surface area contributed by atoms with Crippen molar-refractivity contribution >= 4 is 25.3 Å². The van der Waals surface area contributed by atoms with Gasteiger partial charge in [-0.25, -0.2) is 4.57 Å². The van der Waals surface area contributed by atoms with Crippen LogP contribution in [0.2, 0.25) is 0 Å². The van der Waals surface area contributed by atoms with E-state index in [0.29, 0.717) is 0 Å². The highest BCUT2D eigenvalue weighted by molar-refractivity contribution is 7.48. The molecule has 0 atom stereocenters. The van der Waals surface area contributed by atoms with E-state index >= 15 is 0 Å². The third kappa shape index (κ3) is 4.22. The predicted octanol–water partition coefficient (Wildman–Crippen LogP) is 1.62. The summed E-state index contributed by atoms with van der Waals surface area (Å²) in [5.74, 6) is -0.587. The molecule has 15 heavy (non-hydrogen) atoms. The number of carbonyl (C=O) groups is 1. The van der Waals surface area contributed by atoms with Gasteiger partial charge in [-0.1, -0.05) is 11.6 Å². The summed E-state index contributed by atoms with van der Waals surface area (Å²) in [6.07, 6.45) is 0. The van der Waals surface area contributed by atoms with Gasteiger partial charge < -0.3 is 9.84 Å². The van der Waals surface area contributed by atoms with Crippen LogP contribution in [0.4, 0.5) is 0 Å². The van der Waals surface area contributed by atoms with Crippen LogP contribution in [0.5, 0.6) is 0 Å². The lowest BCUT2D eigenvalue weighted by molar-refractivity contribution is -0.116. The highest BCUT2D eigenvalue weighted by atomic mass is 35.5. The Balaban J connectivity index is 4.80. The van der Waals surface area contributed by atoms with Crippen molar-refractivity contribution in [3.8, 4) is 0 Å². The van der Waals surface area contributed by atoms with Gasteiger partial charge in [0.15, 0.2) is 0 Å². The molecule has 0 bridgehead atoms. The van der Waals surface area contributed by atoms with E-state index in [0.717, 1.165) is 14.2 Å². The second-order valence-electron chi connectivity index (χ2n) is 2.35. The van der Waals surface area contributed by atoms with Gasteiger partial charge >= 0.3 is 7.82 Å². The molecule has 0 aliphatic heterocycles. The Morgan fingerprint density at radius 1 is 1.33 bits per heavy atom. The molecule has 1 amide bonds. The Bertz CT molecular complexity index is 309. The smallest absolute Gasteiger partial charge is 0.407 e. The summed E-state index contributed by atoms with van der Waals surface area (Å²) in [5, 5.41) is 2.07. The predicted molar refractivity (Wildman–Crippen MR) is 55.3 cm³/mol. The van der Waals surface area contributed by atoms with Crippen LogP contribution in [0.1, 0.15) is 6.92 Å². The lowest BCUT2D eigenvalue weighted by Gasteiger charge is -2.15. The fourth-order valence-corrected chi connectivity index (χ4v) is 1.54. The van der Waals surface area contributed by atoms with Crippen molar-refractivity contribution in [2.45, 2.75) is 6.92 Å². The standard InChI is InChI=1S/C7H13ClNO5P/c1-5(6(8)7(10)9-2)14-15(11,12-3)13-4/h1-4H3,(H,9,10)/b6-5+. The maximum Gasteiger partial charge on any atom is 0.529 e. The summed E-state index contributed by atoms with van der Waals surface area (Å²) >= 11 is 5.61. The third-order valence-corrected chi connectivity index (χ3v) is 3.26. The molecule has 88 valence electrons. The number of carbonyl (C=O) groups excluding carboxylic acids is 1. The van der Waals surface area contributed by atoms with E-state index in [-0.39, 0.29) is 10.8 Å². The molecule has 0 heterocycles. The minimum atomic E-state index is -3.66. The van der Waals surface area contributed by atoms with Crippen molar-refractivity contribution in [2.24, 2.45) is 0 Å². The first-order valence-electron chi connectivity index (χ1n) is 3.89. The molecule has 0 fully saturated rings. The molecular formula is C7H13ClNO5P. The van der Waals surface area contributed by atoms with Crippen LogP contribution in [0, 0.1) is 0 Å². The van der Waals surface area contributed by atoms with Crippen molar-refractivity contribution in [1.29, 1.82) is 0 Å². The summed E-state index contributed by atoms with van der Waals surface area (Å²) < 4.78 is 25.3. The number of likely N-dealkylation sites (N-methyl/N-ethyl adjacent to an activating group) is 1. The number of allylic oxidation sites excluding steroid dienone is 1. The molecule has 0 saturated carbocycles. The van der Waals surface area contributed by atoms with Gasteiger partial charge in [-0.3, -0.25) is 13.8 Å². The average Bonchev–Trinajstić information content (AvgIpc) is 2.26.